The number of hydrogen-bond donors (Lipinski definition) is 0. The Bertz CT molecular complexity index is 2380. The third-order valence-corrected chi connectivity index (χ3v) is 9.25. The Hall–Kier alpha value is -6.12. The number of para-hydroxylation sites is 2. The van der Waals surface area contributed by atoms with Crippen molar-refractivity contribution in [2.24, 2.45) is 0 Å². The number of anilines is 3. The van der Waals surface area contributed by atoms with E-state index in [1.54, 1.807) is 0 Å². The standard InChI is InChI=1S/C46H36N2.C2H6/c1-3-13-41-33(2)14-12-21-44(41)47(39-27-22-35(23-28-39)34-15-6-4-7-16-34)40-29-24-36(25-30-40)37-26-31-46-43(32-37)42-19-10-11-20-45(42)48(46)38-17-8-5-9-18-38;1-2/h3-32H,1-2H3;1-2H3/b13-3-;. The number of allylic oxidation sites excluding steroid dienone is 1. The molecule has 1 heterocycles. The van der Waals surface area contributed by atoms with Gasteiger partial charge in [0.1, 0.15) is 0 Å². The zero-order valence-corrected chi connectivity index (χ0v) is 29.2. The molecule has 0 radical (unpaired) electrons. The summed E-state index contributed by atoms with van der Waals surface area (Å²) >= 11 is 0. The molecule has 0 atom stereocenters. The number of aryl methyl sites for hydroxylation is 1. The molecule has 0 fully saturated rings. The molecule has 0 bridgehead atoms. The quantitative estimate of drug-likeness (QED) is 0.167. The summed E-state index contributed by atoms with van der Waals surface area (Å²) in [5, 5.41) is 2.52. The molecule has 0 aliphatic carbocycles. The summed E-state index contributed by atoms with van der Waals surface area (Å²) in [4.78, 5) is 2.37. The van der Waals surface area contributed by atoms with Crippen LogP contribution in [0.15, 0.2) is 176 Å². The van der Waals surface area contributed by atoms with Gasteiger partial charge in [0.2, 0.25) is 0 Å². The van der Waals surface area contributed by atoms with Crippen LogP contribution < -0.4 is 4.90 Å². The highest BCUT2D eigenvalue weighted by molar-refractivity contribution is 6.10. The van der Waals surface area contributed by atoms with Crippen LogP contribution in [0.3, 0.4) is 0 Å². The Balaban J connectivity index is 0.00000193. The minimum absolute atomic E-state index is 1.12. The highest BCUT2D eigenvalue weighted by atomic mass is 15.1. The zero-order valence-electron chi connectivity index (χ0n) is 29.2. The number of aromatic nitrogens is 1. The molecule has 2 heteroatoms. The molecular formula is C48H42N2. The molecule has 0 unspecified atom stereocenters. The summed E-state index contributed by atoms with van der Waals surface area (Å²) in [6.07, 6.45) is 4.34. The van der Waals surface area contributed by atoms with E-state index in [0.29, 0.717) is 0 Å². The molecule has 2 nitrogen and oxygen atoms in total. The van der Waals surface area contributed by atoms with Crippen LogP contribution in [0.5, 0.6) is 0 Å². The van der Waals surface area contributed by atoms with Crippen LogP contribution in [0.4, 0.5) is 17.1 Å². The molecule has 8 aromatic rings. The third kappa shape index (κ3) is 6.13. The molecule has 1 aromatic heterocycles. The van der Waals surface area contributed by atoms with Gasteiger partial charge in [-0.2, -0.15) is 0 Å². The van der Waals surface area contributed by atoms with E-state index in [0.717, 1.165) is 17.1 Å². The minimum Gasteiger partial charge on any atom is -0.310 e. The SMILES string of the molecule is C/C=C\c1c(C)cccc1N(c1ccc(-c2ccccc2)cc1)c1ccc(-c2ccc3c(c2)c2ccccc2n3-c2ccccc2)cc1.CC. The fourth-order valence-electron chi connectivity index (χ4n) is 6.92. The lowest BCUT2D eigenvalue weighted by Crippen LogP contribution is -2.12. The molecule has 0 aliphatic heterocycles. The van der Waals surface area contributed by atoms with Gasteiger partial charge in [-0.3, -0.25) is 0 Å². The average molecular weight is 647 g/mol. The molecular weight excluding hydrogens is 605 g/mol. The van der Waals surface area contributed by atoms with Gasteiger partial charge in [0.05, 0.1) is 16.7 Å². The maximum atomic E-state index is 2.37. The largest absolute Gasteiger partial charge is 0.310 e. The fourth-order valence-corrected chi connectivity index (χ4v) is 6.92. The zero-order chi connectivity index (χ0) is 34.5. The van der Waals surface area contributed by atoms with E-state index in [2.05, 4.69) is 205 Å². The fraction of sp³-hybridized carbons (Fsp3) is 0.0833. The predicted molar refractivity (Wildman–Crippen MR) is 217 cm³/mol. The van der Waals surface area contributed by atoms with Crippen LogP contribution >= 0.6 is 0 Å². The van der Waals surface area contributed by atoms with Crippen molar-refractivity contribution in [1.82, 2.24) is 4.57 Å². The molecule has 0 aliphatic rings. The molecule has 0 spiro atoms. The second-order valence-electron chi connectivity index (χ2n) is 12.2. The van der Waals surface area contributed by atoms with Crippen LogP contribution in [-0.4, -0.2) is 4.57 Å². The highest BCUT2D eigenvalue weighted by Crippen LogP contribution is 2.40. The first-order valence-corrected chi connectivity index (χ1v) is 17.6. The summed E-state index contributed by atoms with van der Waals surface area (Å²) in [5.74, 6) is 0. The van der Waals surface area contributed by atoms with Gasteiger partial charge in [-0.15, -0.1) is 0 Å². The Kier molecular flexibility index (Phi) is 9.44. The molecule has 0 saturated heterocycles. The van der Waals surface area contributed by atoms with Crippen molar-refractivity contribution < 1.29 is 0 Å². The van der Waals surface area contributed by atoms with E-state index in [1.165, 1.54) is 60.9 Å². The molecule has 0 saturated carbocycles. The van der Waals surface area contributed by atoms with Crippen LogP contribution in [0.25, 0.3) is 55.8 Å². The van der Waals surface area contributed by atoms with Crippen LogP contribution in [0.1, 0.15) is 31.9 Å². The second kappa shape index (κ2) is 14.6. The number of rotatable bonds is 7. The minimum atomic E-state index is 1.12. The smallest absolute Gasteiger partial charge is 0.0541 e. The lowest BCUT2D eigenvalue weighted by Gasteiger charge is -2.28. The summed E-state index contributed by atoms with van der Waals surface area (Å²) in [6, 6.07) is 61.2. The lowest BCUT2D eigenvalue weighted by atomic mass is 10.0. The van der Waals surface area contributed by atoms with Crippen molar-refractivity contribution in [2.45, 2.75) is 27.7 Å². The molecule has 0 N–H and O–H groups in total. The molecule has 50 heavy (non-hydrogen) atoms. The number of fused-ring (bicyclic) bond motifs is 3. The number of nitrogens with zero attached hydrogens (tertiary/aromatic N) is 2. The first-order chi connectivity index (χ1) is 24.7. The van der Waals surface area contributed by atoms with Crippen molar-refractivity contribution >= 4 is 44.9 Å². The maximum absolute atomic E-state index is 2.37. The van der Waals surface area contributed by atoms with Crippen molar-refractivity contribution in [2.75, 3.05) is 4.90 Å². The molecule has 0 amide bonds. The van der Waals surface area contributed by atoms with Gasteiger partial charge in [-0.05, 0) is 102 Å². The van der Waals surface area contributed by atoms with Crippen LogP contribution in [-0.2, 0) is 0 Å². The van der Waals surface area contributed by atoms with Crippen molar-refractivity contribution in [3.63, 3.8) is 0 Å². The van der Waals surface area contributed by atoms with Gasteiger partial charge in [0.25, 0.3) is 0 Å². The van der Waals surface area contributed by atoms with E-state index in [4.69, 9.17) is 0 Å². The summed E-state index contributed by atoms with van der Waals surface area (Å²) in [6.45, 7) is 8.27. The monoisotopic (exact) mass is 646 g/mol. The van der Waals surface area contributed by atoms with Crippen molar-refractivity contribution in [1.29, 1.82) is 0 Å². The Morgan fingerprint density at radius 2 is 1.02 bits per heavy atom. The Morgan fingerprint density at radius 3 is 1.68 bits per heavy atom. The first-order valence-electron chi connectivity index (χ1n) is 17.6. The van der Waals surface area contributed by atoms with Gasteiger partial charge >= 0.3 is 0 Å². The average Bonchev–Trinajstić information content (AvgIpc) is 3.52. The van der Waals surface area contributed by atoms with E-state index in [9.17, 15) is 0 Å². The second-order valence-corrected chi connectivity index (χ2v) is 12.2. The van der Waals surface area contributed by atoms with Crippen molar-refractivity contribution in [3.8, 4) is 27.9 Å². The molecule has 244 valence electrons. The lowest BCUT2D eigenvalue weighted by molar-refractivity contribution is 1.18. The number of benzene rings is 7. The van der Waals surface area contributed by atoms with Crippen LogP contribution in [0, 0.1) is 6.92 Å². The Morgan fingerprint density at radius 1 is 0.480 bits per heavy atom. The van der Waals surface area contributed by atoms with E-state index in [-0.39, 0.29) is 0 Å². The molecule has 8 rings (SSSR count). The highest BCUT2D eigenvalue weighted by Gasteiger charge is 2.18. The van der Waals surface area contributed by atoms with E-state index in [1.807, 2.05) is 13.8 Å². The van der Waals surface area contributed by atoms with Gasteiger partial charge in [0.15, 0.2) is 0 Å². The van der Waals surface area contributed by atoms with Crippen LogP contribution in [0.2, 0.25) is 0 Å². The normalized spacial score (nSPS) is 11.1. The summed E-state index contributed by atoms with van der Waals surface area (Å²) in [5.41, 5.74) is 14.3. The first kappa shape index (κ1) is 32.4. The Labute approximate surface area is 296 Å². The third-order valence-electron chi connectivity index (χ3n) is 9.25. The topological polar surface area (TPSA) is 8.17 Å². The molecule has 7 aromatic carbocycles. The van der Waals surface area contributed by atoms with E-state index < -0.39 is 0 Å². The van der Waals surface area contributed by atoms with E-state index >= 15 is 0 Å². The van der Waals surface area contributed by atoms with Gasteiger partial charge in [-0.1, -0.05) is 135 Å². The van der Waals surface area contributed by atoms with Gasteiger partial charge in [0, 0.05) is 33.4 Å². The maximum Gasteiger partial charge on any atom is 0.0541 e. The van der Waals surface area contributed by atoms with Gasteiger partial charge in [-0.25, -0.2) is 0 Å². The van der Waals surface area contributed by atoms with Crippen molar-refractivity contribution in [3.05, 3.63) is 187 Å². The number of hydrogen-bond acceptors (Lipinski definition) is 1. The van der Waals surface area contributed by atoms with Gasteiger partial charge < -0.3 is 9.47 Å². The predicted octanol–water partition coefficient (Wildman–Crippen LogP) is 14.0. The summed E-state index contributed by atoms with van der Waals surface area (Å²) in [7, 11) is 0. The summed E-state index contributed by atoms with van der Waals surface area (Å²) < 4.78 is 2.36.